The van der Waals surface area contributed by atoms with Crippen LogP contribution in [0.3, 0.4) is 0 Å². The number of benzene rings is 1. The van der Waals surface area contributed by atoms with E-state index in [2.05, 4.69) is 19.2 Å². The maximum atomic E-state index is 12.0. The number of rotatable bonds is 9. The highest BCUT2D eigenvalue weighted by molar-refractivity contribution is 5.80. The van der Waals surface area contributed by atoms with Crippen molar-refractivity contribution in [3.8, 4) is 0 Å². The molecule has 0 aliphatic carbocycles. The predicted molar refractivity (Wildman–Crippen MR) is 84.9 cm³/mol. The highest BCUT2D eigenvalue weighted by Gasteiger charge is 2.11. The van der Waals surface area contributed by atoms with Crippen molar-refractivity contribution in [2.24, 2.45) is 0 Å². The quantitative estimate of drug-likeness (QED) is 0.759. The largest absolute Gasteiger partial charge is 0.355 e. The monoisotopic (exact) mass is 290 g/mol. The average molecular weight is 290 g/mol. The van der Waals surface area contributed by atoms with Crippen molar-refractivity contribution in [3.05, 3.63) is 35.9 Å². The first-order valence-electron chi connectivity index (χ1n) is 7.75. The fraction of sp³-hybridized carbons (Fsp3) is 0.529. The van der Waals surface area contributed by atoms with E-state index in [9.17, 15) is 9.59 Å². The number of nitrogens with zero attached hydrogens (tertiary/aromatic N) is 1. The van der Waals surface area contributed by atoms with E-state index >= 15 is 0 Å². The molecule has 0 spiro atoms. The summed E-state index contributed by atoms with van der Waals surface area (Å²) in [4.78, 5) is 25.7. The van der Waals surface area contributed by atoms with Gasteiger partial charge in [-0.25, -0.2) is 0 Å². The van der Waals surface area contributed by atoms with Gasteiger partial charge in [-0.3, -0.25) is 9.59 Å². The molecular formula is C17H26N2O2. The predicted octanol–water partition coefficient (Wildman–Crippen LogP) is 2.38. The minimum absolute atomic E-state index is 0.0356. The molecule has 0 aromatic heterocycles. The van der Waals surface area contributed by atoms with Crippen LogP contribution in [0.4, 0.5) is 0 Å². The molecule has 1 aromatic carbocycles. The smallest absolute Gasteiger partial charge is 0.224 e. The van der Waals surface area contributed by atoms with E-state index in [0.717, 1.165) is 31.5 Å². The Hall–Kier alpha value is -1.84. The normalized spacial score (nSPS) is 10.2. The van der Waals surface area contributed by atoms with Gasteiger partial charge in [-0.05, 0) is 18.4 Å². The summed E-state index contributed by atoms with van der Waals surface area (Å²) >= 11 is 0. The summed E-state index contributed by atoms with van der Waals surface area (Å²) < 4.78 is 0. The van der Waals surface area contributed by atoms with E-state index in [1.807, 2.05) is 35.2 Å². The van der Waals surface area contributed by atoms with Gasteiger partial charge in [0.05, 0.1) is 6.42 Å². The number of hydrogen-bond donors (Lipinski definition) is 1. The van der Waals surface area contributed by atoms with Crippen molar-refractivity contribution in [2.45, 2.75) is 39.5 Å². The molecule has 4 heteroatoms. The van der Waals surface area contributed by atoms with E-state index in [4.69, 9.17) is 0 Å². The lowest BCUT2D eigenvalue weighted by molar-refractivity contribution is -0.131. The van der Waals surface area contributed by atoms with Crippen LogP contribution in [-0.2, 0) is 16.0 Å². The van der Waals surface area contributed by atoms with Crippen LogP contribution in [0, 0.1) is 0 Å². The zero-order chi connectivity index (χ0) is 15.5. The van der Waals surface area contributed by atoms with Gasteiger partial charge in [-0.15, -0.1) is 0 Å². The fourth-order valence-electron chi connectivity index (χ4n) is 2.21. The second-order valence-electron chi connectivity index (χ2n) is 5.14. The molecule has 2 amide bonds. The SMILES string of the molecule is CCCN(CCC)C(=O)CCNC(=O)Cc1ccccc1. The van der Waals surface area contributed by atoms with Gasteiger partial charge in [0, 0.05) is 26.1 Å². The third-order valence-corrected chi connectivity index (χ3v) is 3.21. The molecule has 0 radical (unpaired) electrons. The van der Waals surface area contributed by atoms with Gasteiger partial charge >= 0.3 is 0 Å². The Labute approximate surface area is 127 Å². The minimum atomic E-state index is -0.0356. The first-order chi connectivity index (χ1) is 10.2. The third kappa shape index (κ3) is 6.93. The van der Waals surface area contributed by atoms with Crippen molar-refractivity contribution < 1.29 is 9.59 Å². The lowest BCUT2D eigenvalue weighted by atomic mass is 10.1. The summed E-state index contributed by atoms with van der Waals surface area (Å²) in [6.45, 7) is 6.14. The van der Waals surface area contributed by atoms with Gasteiger partial charge in [0.25, 0.3) is 0 Å². The van der Waals surface area contributed by atoms with Crippen LogP contribution in [0.2, 0.25) is 0 Å². The number of carbonyl (C=O) groups is 2. The molecule has 0 heterocycles. The molecule has 0 fully saturated rings. The maximum Gasteiger partial charge on any atom is 0.224 e. The molecule has 0 unspecified atom stereocenters. The van der Waals surface area contributed by atoms with Crippen LogP contribution in [0.15, 0.2) is 30.3 Å². The zero-order valence-corrected chi connectivity index (χ0v) is 13.1. The standard InChI is InChI=1S/C17H26N2O2/c1-3-12-19(13-4-2)17(21)10-11-18-16(20)14-15-8-6-5-7-9-15/h5-9H,3-4,10-14H2,1-2H3,(H,18,20). The third-order valence-electron chi connectivity index (χ3n) is 3.21. The fourth-order valence-corrected chi connectivity index (χ4v) is 2.21. The van der Waals surface area contributed by atoms with Gasteiger partial charge in [0.2, 0.25) is 11.8 Å². The van der Waals surface area contributed by atoms with E-state index in [-0.39, 0.29) is 11.8 Å². The summed E-state index contributed by atoms with van der Waals surface area (Å²) in [5, 5.41) is 2.81. The molecule has 4 nitrogen and oxygen atoms in total. The Balaban J connectivity index is 2.28. The number of nitrogens with one attached hydrogen (secondary N) is 1. The molecule has 0 aliphatic heterocycles. The molecule has 0 saturated carbocycles. The first-order valence-corrected chi connectivity index (χ1v) is 7.75. The Bertz CT molecular complexity index is 426. The number of amides is 2. The molecule has 0 atom stereocenters. The van der Waals surface area contributed by atoms with E-state index in [0.29, 0.717) is 19.4 Å². The van der Waals surface area contributed by atoms with Crippen LogP contribution < -0.4 is 5.32 Å². The number of hydrogen-bond acceptors (Lipinski definition) is 2. The Morgan fingerprint density at radius 3 is 2.24 bits per heavy atom. The lowest BCUT2D eigenvalue weighted by Crippen LogP contribution is -2.35. The van der Waals surface area contributed by atoms with Gasteiger partial charge in [0.15, 0.2) is 0 Å². The molecular weight excluding hydrogens is 264 g/mol. The lowest BCUT2D eigenvalue weighted by Gasteiger charge is -2.21. The van der Waals surface area contributed by atoms with Crippen LogP contribution in [0.25, 0.3) is 0 Å². The van der Waals surface area contributed by atoms with Crippen molar-refractivity contribution in [1.29, 1.82) is 0 Å². The van der Waals surface area contributed by atoms with Crippen LogP contribution in [-0.4, -0.2) is 36.3 Å². The maximum absolute atomic E-state index is 12.0. The molecule has 1 aromatic rings. The van der Waals surface area contributed by atoms with Crippen LogP contribution >= 0.6 is 0 Å². The topological polar surface area (TPSA) is 49.4 Å². The van der Waals surface area contributed by atoms with Gasteiger partial charge in [-0.1, -0.05) is 44.2 Å². The molecule has 1 rings (SSSR count). The van der Waals surface area contributed by atoms with E-state index in [1.54, 1.807) is 0 Å². The van der Waals surface area contributed by atoms with Crippen LogP contribution in [0.1, 0.15) is 38.7 Å². The Morgan fingerprint density at radius 1 is 1.05 bits per heavy atom. The summed E-state index contributed by atoms with van der Waals surface area (Å²) in [6, 6.07) is 9.61. The van der Waals surface area contributed by atoms with E-state index in [1.165, 1.54) is 0 Å². The average Bonchev–Trinajstić information content (AvgIpc) is 2.48. The van der Waals surface area contributed by atoms with Crippen LogP contribution in [0.5, 0.6) is 0 Å². The zero-order valence-electron chi connectivity index (χ0n) is 13.1. The van der Waals surface area contributed by atoms with Gasteiger partial charge in [0.1, 0.15) is 0 Å². The molecule has 1 N–H and O–H groups in total. The second kappa shape index (κ2) is 9.97. The number of carbonyl (C=O) groups excluding carboxylic acids is 2. The molecule has 116 valence electrons. The Morgan fingerprint density at radius 2 is 1.67 bits per heavy atom. The first kappa shape index (κ1) is 17.2. The second-order valence-corrected chi connectivity index (χ2v) is 5.14. The molecule has 0 bridgehead atoms. The Kier molecular flexibility index (Phi) is 8.17. The van der Waals surface area contributed by atoms with Crippen molar-refractivity contribution in [2.75, 3.05) is 19.6 Å². The molecule has 21 heavy (non-hydrogen) atoms. The summed E-state index contributed by atoms with van der Waals surface area (Å²) in [5.41, 5.74) is 0.986. The van der Waals surface area contributed by atoms with Crippen molar-refractivity contribution in [3.63, 3.8) is 0 Å². The summed E-state index contributed by atoms with van der Waals surface area (Å²) in [7, 11) is 0. The van der Waals surface area contributed by atoms with Crippen molar-refractivity contribution in [1.82, 2.24) is 10.2 Å². The van der Waals surface area contributed by atoms with Gasteiger partial charge in [-0.2, -0.15) is 0 Å². The highest BCUT2D eigenvalue weighted by Crippen LogP contribution is 2.00. The molecule has 0 aliphatic rings. The summed E-state index contributed by atoms with van der Waals surface area (Å²) in [5.74, 6) is 0.0882. The van der Waals surface area contributed by atoms with Gasteiger partial charge < -0.3 is 10.2 Å². The minimum Gasteiger partial charge on any atom is -0.355 e. The van der Waals surface area contributed by atoms with Crippen molar-refractivity contribution >= 4 is 11.8 Å². The summed E-state index contributed by atoms with van der Waals surface area (Å²) in [6.07, 6.45) is 2.67. The molecule has 0 saturated heterocycles. The van der Waals surface area contributed by atoms with E-state index < -0.39 is 0 Å². The highest BCUT2D eigenvalue weighted by atomic mass is 16.2.